The fourth-order valence-electron chi connectivity index (χ4n) is 1.89. The van der Waals surface area contributed by atoms with Crippen molar-refractivity contribution in [3.05, 3.63) is 0 Å². The number of hydrogen-bond donors (Lipinski definition) is 2. The Morgan fingerprint density at radius 1 is 1.60 bits per heavy atom. The maximum Gasteiger partial charge on any atom is 0.324 e. The lowest BCUT2D eigenvalue weighted by Crippen LogP contribution is -2.12. The van der Waals surface area contributed by atoms with Gasteiger partial charge in [-0.1, -0.05) is 13.3 Å². The van der Waals surface area contributed by atoms with Crippen molar-refractivity contribution in [3.63, 3.8) is 0 Å². The normalized spacial score (nSPS) is 25.1. The molecule has 0 spiro atoms. The molecule has 0 bridgehead atoms. The molecule has 4 N–H and O–H groups in total. The first kappa shape index (κ1) is 12.0. The van der Waals surface area contributed by atoms with Gasteiger partial charge >= 0.3 is 5.97 Å². The summed E-state index contributed by atoms with van der Waals surface area (Å²) in [5.74, 6) is 5.67. The predicted octanol–water partition coefficient (Wildman–Crippen LogP) is 0.729. The van der Waals surface area contributed by atoms with Gasteiger partial charge in [0.1, 0.15) is 0 Å². The van der Waals surface area contributed by atoms with E-state index in [9.17, 15) is 4.79 Å². The average molecular weight is 213 g/mol. The SMILES string of the molecule is CC1CC(N)=NC1CCCCC(=O)ON. The van der Waals surface area contributed by atoms with E-state index in [4.69, 9.17) is 11.6 Å². The largest absolute Gasteiger partial charge is 0.387 e. The highest BCUT2D eigenvalue weighted by atomic mass is 16.7. The summed E-state index contributed by atoms with van der Waals surface area (Å²) >= 11 is 0. The van der Waals surface area contributed by atoms with E-state index in [1.165, 1.54) is 0 Å². The van der Waals surface area contributed by atoms with Crippen LogP contribution >= 0.6 is 0 Å². The zero-order valence-electron chi connectivity index (χ0n) is 9.11. The molecule has 0 saturated heterocycles. The van der Waals surface area contributed by atoms with E-state index in [2.05, 4.69) is 16.8 Å². The van der Waals surface area contributed by atoms with E-state index in [-0.39, 0.29) is 5.97 Å². The number of aliphatic imine (C=N–C) groups is 1. The molecule has 0 amide bonds. The summed E-state index contributed by atoms with van der Waals surface area (Å²) < 4.78 is 0. The van der Waals surface area contributed by atoms with Gasteiger partial charge < -0.3 is 10.6 Å². The topological polar surface area (TPSA) is 90.7 Å². The summed E-state index contributed by atoms with van der Waals surface area (Å²) in [7, 11) is 0. The third-order valence-corrected chi connectivity index (χ3v) is 2.78. The van der Waals surface area contributed by atoms with E-state index in [0.717, 1.165) is 31.5 Å². The molecule has 15 heavy (non-hydrogen) atoms. The molecule has 0 aromatic carbocycles. The standard InChI is InChI=1S/C10H19N3O2/c1-7-6-9(11)13-8(7)4-2-3-5-10(14)15-12/h7-8H,2-6,12H2,1H3,(H2,11,13). The van der Waals surface area contributed by atoms with Crippen LogP contribution in [-0.2, 0) is 9.63 Å². The van der Waals surface area contributed by atoms with Crippen molar-refractivity contribution >= 4 is 11.8 Å². The summed E-state index contributed by atoms with van der Waals surface area (Å²) in [5.41, 5.74) is 5.65. The fourth-order valence-corrected chi connectivity index (χ4v) is 1.89. The molecule has 5 heteroatoms. The molecular weight excluding hydrogens is 194 g/mol. The Hall–Kier alpha value is -1.10. The second-order valence-electron chi connectivity index (χ2n) is 4.10. The van der Waals surface area contributed by atoms with Crippen LogP contribution in [0.3, 0.4) is 0 Å². The quantitative estimate of drug-likeness (QED) is 0.520. The summed E-state index contributed by atoms with van der Waals surface area (Å²) in [6.07, 6.45) is 4.03. The molecule has 1 aliphatic heterocycles. The van der Waals surface area contributed by atoms with Gasteiger partial charge in [0.25, 0.3) is 0 Å². The minimum absolute atomic E-state index is 0.332. The van der Waals surface area contributed by atoms with Crippen LogP contribution < -0.4 is 11.6 Å². The molecule has 2 unspecified atom stereocenters. The van der Waals surface area contributed by atoms with Crippen LogP contribution in [0, 0.1) is 5.92 Å². The monoisotopic (exact) mass is 213 g/mol. The van der Waals surface area contributed by atoms with Crippen molar-refractivity contribution in [2.75, 3.05) is 0 Å². The van der Waals surface area contributed by atoms with Gasteiger partial charge in [0, 0.05) is 12.8 Å². The Labute approximate surface area is 89.8 Å². The van der Waals surface area contributed by atoms with Crippen molar-refractivity contribution in [1.29, 1.82) is 0 Å². The minimum atomic E-state index is -0.350. The summed E-state index contributed by atoms with van der Waals surface area (Å²) in [4.78, 5) is 19.2. The van der Waals surface area contributed by atoms with Gasteiger partial charge in [-0.25, -0.2) is 0 Å². The van der Waals surface area contributed by atoms with Crippen LogP contribution in [0.25, 0.3) is 0 Å². The molecule has 5 nitrogen and oxygen atoms in total. The van der Waals surface area contributed by atoms with Gasteiger partial charge in [-0.2, -0.15) is 5.90 Å². The Kier molecular flexibility index (Phi) is 4.55. The second-order valence-corrected chi connectivity index (χ2v) is 4.10. The number of nitrogens with zero attached hydrogens (tertiary/aromatic N) is 1. The first-order valence-electron chi connectivity index (χ1n) is 5.35. The highest BCUT2D eigenvalue weighted by Crippen LogP contribution is 2.23. The first-order chi connectivity index (χ1) is 7.13. The predicted molar refractivity (Wildman–Crippen MR) is 57.9 cm³/mol. The minimum Gasteiger partial charge on any atom is -0.387 e. The lowest BCUT2D eigenvalue weighted by molar-refractivity contribution is -0.144. The smallest absolute Gasteiger partial charge is 0.324 e. The van der Waals surface area contributed by atoms with Crippen LogP contribution in [0.2, 0.25) is 0 Å². The van der Waals surface area contributed by atoms with Crippen LogP contribution in [0.4, 0.5) is 0 Å². The Morgan fingerprint density at radius 3 is 2.87 bits per heavy atom. The molecular formula is C10H19N3O2. The molecule has 2 atom stereocenters. The molecule has 0 fully saturated rings. The van der Waals surface area contributed by atoms with Crippen molar-refractivity contribution in [2.45, 2.75) is 45.1 Å². The Balaban J connectivity index is 2.13. The zero-order valence-corrected chi connectivity index (χ0v) is 9.11. The molecule has 0 aliphatic carbocycles. The number of carbonyl (C=O) groups excluding carboxylic acids is 1. The molecule has 0 aromatic rings. The number of nitrogens with two attached hydrogens (primary N) is 2. The van der Waals surface area contributed by atoms with Crippen LogP contribution in [0.15, 0.2) is 4.99 Å². The van der Waals surface area contributed by atoms with Gasteiger partial charge in [0.2, 0.25) is 0 Å². The third-order valence-electron chi connectivity index (χ3n) is 2.78. The molecule has 1 heterocycles. The van der Waals surface area contributed by atoms with Gasteiger partial charge in [-0.05, 0) is 18.8 Å². The van der Waals surface area contributed by atoms with E-state index < -0.39 is 0 Å². The second kappa shape index (κ2) is 5.70. The molecule has 86 valence electrons. The molecule has 0 aromatic heterocycles. The van der Waals surface area contributed by atoms with Crippen molar-refractivity contribution in [3.8, 4) is 0 Å². The van der Waals surface area contributed by atoms with Crippen LogP contribution in [0.5, 0.6) is 0 Å². The maximum absolute atomic E-state index is 10.7. The van der Waals surface area contributed by atoms with E-state index >= 15 is 0 Å². The zero-order chi connectivity index (χ0) is 11.3. The average Bonchev–Trinajstić information content (AvgIpc) is 2.52. The maximum atomic E-state index is 10.7. The van der Waals surface area contributed by atoms with E-state index in [1.54, 1.807) is 0 Å². The van der Waals surface area contributed by atoms with E-state index in [1.807, 2.05) is 0 Å². The van der Waals surface area contributed by atoms with Crippen LogP contribution in [0.1, 0.15) is 39.0 Å². The van der Waals surface area contributed by atoms with Gasteiger partial charge in [-0.15, -0.1) is 0 Å². The number of rotatable bonds is 5. The molecule has 1 rings (SSSR count). The first-order valence-corrected chi connectivity index (χ1v) is 5.35. The van der Waals surface area contributed by atoms with Crippen molar-refractivity contribution < 1.29 is 9.63 Å². The summed E-state index contributed by atoms with van der Waals surface area (Å²) in [6.45, 7) is 2.15. The third kappa shape index (κ3) is 3.87. The van der Waals surface area contributed by atoms with Gasteiger partial charge in [0.05, 0.1) is 11.9 Å². The Morgan fingerprint density at radius 2 is 2.33 bits per heavy atom. The number of amidine groups is 1. The van der Waals surface area contributed by atoms with Crippen molar-refractivity contribution in [1.82, 2.24) is 0 Å². The highest BCUT2D eigenvalue weighted by Gasteiger charge is 2.23. The highest BCUT2D eigenvalue weighted by molar-refractivity contribution is 5.82. The lowest BCUT2D eigenvalue weighted by atomic mass is 9.97. The van der Waals surface area contributed by atoms with Crippen LogP contribution in [-0.4, -0.2) is 17.8 Å². The molecule has 1 aliphatic rings. The molecule has 0 radical (unpaired) electrons. The Bertz CT molecular complexity index is 253. The van der Waals surface area contributed by atoms with Gasteiger partial charge in [-0.3, -0.25) is 9.79 Å². The van der Waals surface area contributed by atoms with E-state index in [0.29, 0.717) is 18.4 Å². The number of carbonyl (C=O) groups is 1. The molecule has 0 saturated carbocycles. The summed E-state index contributed by atoms with van der Waals surface area (Å²) in [6, 6.07) is 0.332. The summed E-state index contributed by atoms with van der Waals surface area (Å²) in [5, 5.41) is 0. The number of unbranched alkanes of at least 4 members (excludes halogenated alkanes) is 1. The lowest BCUT2D eigenvalue weighted by Gasteiger charge is -2.11. The fraction of sp³-hybridized carbons (Fsp3) is 0.800. The van der Waals surface area contributed by atoms with Crippen molar-refractivity contribution in [2.24, 2.45) is 22.5 Å². The number of hydrogen-bond acceptors (Lipinski definition) is 5. The van der Waals surface area contributed by atoms with Gasteiger partial charge in [0.15, 0.2) is 0 Å².